The fraction of sp³-hybridized carbons (Fsp3) is 0.500. The highest BCUT2D eigenvalue weighted by Crippen LogP contribution is 2.20. The standard InChI is InChI=1S/C18H22Cl2N2O5/c1-3-26-18(25)22-6-4-15(5-7-22)21-16(23)11(2)27-17(24)12-8-13(19)10-14(20)9-12/h8-11,15H,3-7H2,1-2H3,(H,21,23). The molecule has 1 aliphatic rings. The van der Waals surface area contributed by atoms with Crippen molar-refractivity contribution >= 4 is 41.2 Å². The first-order chi connectivity index (χ1) is 12.8. The Labute approximate surface area is 167 Å². The summed E-state index contributed by atoms with van der Waals surface area (Å²) in [7, 11) is 0. The smallest absolute Gasteiger partial charge is 0.409 e. The summed E-state index contributed by atoms with van der Waals surface area (Å²) in [6, 6.07) is 4.25. The predicted octanol–water partition coefficient (Wildman–Crippen LogP) is 3.28. The van der Waals surface area contributed by atoms with Crippen molar-refractivity contribution in [3.8, 4) is 0 Å². The molecule has 0 radical (unpaired) electrons. The number of nitrogens with one attached hydrogen (secondary N) is 1. The third-order valence-electron chi connectivity index (χ3n) is 4.12. The van der Waals surface area contributed by atoms with E-state index in [1.54, 1.807) is 11.8 Å². The van der Waals surface area contributed by atoms with Gasteiger partial charge in [0.05, 0.1) is 12.2 Å². The van der Waals surface area contributed by atoms with E-state index in [1.165, 1.54) is 25.1 Å². The van der Waals surface area contributed by atoms with Crippen molar-refractivity contribution < 1.29 is 23.9 Å². The maximum absolute atomic E-state index is 12.3. The molecule has 1 heterocycles. The molecular formula is C18H22Cl2N2O5. The van der Waals surface area contributed by atoms with E-state index < -0.39 is 18.0 Å². The van der Waals surface area contributed by atoms with Crippen LogP contribution in [0, 0.1) is 0 Å². The number of ether oxygens (including phenoxy) is 2. The first kappa shape index (κ1) is 21.3. The minimum absolute atomic E-state index is 0.0926. The summed E-state index contributed by atoms with van der Waals surface area (Å²) in [5.74, 6) is -1.08. The molecule has 1 aromatic rings. The predicted molar refractivity (Wildman–Crippen MR) is 101 cm³/mol. The zero-order valence-corrected chi connectivity index (χ0v) is 16.7. The van der Waals surface area contributed by atoms with Crippen molar-refractivity contribution in [2.24, 2.45) is 0 Å². The van der Waals surface area contributed by atoms with Gasteiger partial charge in [-0.1, -0.05) is 23.2 Å². The number of hydrogen-bond donors (Lipinski definition) is 1. The second-order valence-corrected chi connectivity index (χ2v) is 7.05. The minimum Gasteiger partial charge on any atom is -0.450 e. The van der Waals surface area contributed by atoms with Crippen molar-refractivity contribution in [3.63, 3.8) is 0 Å². The molecule has 2 rings (SSSR count). The van der Waals surface area contributed by atoms with Gasteiger partial charge in [0.2, 0.25) is 0 Å². The van der Waals surface area contributed by atoms with Gasteiger partial charge in [0, 0.05) is 29.2 Å². The van der Waals surface area contributed by atoms with Crippen molar-refractivity contribution in [3.05, 3.63) is 33.8 Å². The van der Waals surface area contributed by atoms with E-state index in [9.17, 15) is 14.4 Å². The third-order valence-corrected chi connectivity index (χ3v) is 4.56. The van der Waals surface area contributed by atoms with Gasteiger partial charge in [-0.25, -0.2) is 9.59 Å². The van der Waals surface area contributed by atoms with Gasteiger partial charge in [0.25, 0.3) is 5.91 Å². The Morgan fingerprint density at radius 2 is 1.78 bits per heavy atom. The monoisotopic (exact) mass is 416 g/mol. The SMILES string of the molecule is CCOC(=O)N1CCC(NC(=O)C(C)OC(=O)c2cc(Cl)cc(Cl)c2)CC1. The number of carbonyl (C=O) groups excluding carboxylic acids is 3. The molecule has 1 saturated heterocycles. The molecule has 9 heteroatoms. The molecule has 0 bridgehead atoms. The van der Waals surface area contributed by atoms with Gasteiger partial charge in [-0.2, -0.15) is 0 Å². The number of hydrogen-bond acceptors (Lipinski definition) is 5. The van der Waals surface area contributed by atoms with E-state index in [0.717, 1.165) is 0 Å². The number of amides is 2. The van der Waals surface area contributed by atoms with Crippen LogP contribution < -0.4 is 5.32 Å². The summed E-state index contributed by atoms with van der Waals surface area (Å²) in [5.41, 5.74) is 0.176. The van der Waals surface area contributed by atoms with Crippen LogP contribution in [0.2, 0.25) is 10.0 Å². The van der Waals surface area contributed by atoms with Gasteiger partial charge in [-0.05, 0) is 44.9 Å². The molecule has 0 aromatic heterocycles. The van der Waals surface area contributed by atoms with Crippen molar-refractivity contribution in [1.82, 2.24) is 10.2 Å². The van der Waals surface area contributed by atoms with Crippen LogP contribution in [-0.4, -0.2) is 54.7 Å². The number of piperidine rings is 1. The highest BCUT2D eigenvalue weighted by atomic mass is 35.5. The number of likely N-dealkylation sites (tertiary alicyclic amines) is 1. The molecule has 148 valence electrons. The normalized spacial score (nSPS) is 15.8. The number of esters is 1. The van der Waals surface area contributed by atoms with Gasteiger partial charge in [0.1, 0.15) is 0 Å². The molecule has 0 spiro atoms. The summed E-state index contributed by atoms with van der Waals surface area (Å²) in [6.45, 7) is 4.58. The fourth-order valence-electron chi connectivity index (χ4n) is 2.69. The second kappa shape index (κ2) is 9.80. The maximum Gasteiger partial charge on any atom is 0.409 e. The van der Waals surface area contributed by atoms with E-state index in [0.29, 0.717) is 42.6 Å². The van der Waals surface area contributed by atoms with Crippen LogP contribution in [0.5, 0.6) is 0 Å². The van der Waals surface area contributed by atoms with E-state index in [2.05, 4.69) is 5.32 Å². The zero-order valence-electron chi connectivity index (χ0n) is 15.2. The molecule has 1 aromatic carbocycles. The lowest BCUT2D eigenvalue weighted by Crippen LogP contribution is -2.49. The Balaban J connectivity index is 1.82. The molecule has 1 N–H and O–H groups in total. The molecule has 0 saturated carbocycles. The van der Waals surface area contributed by atoms with Crippen LogP contribution in [0.25, 0.3) is 0 Å². The molecule has 2 amide bonds. The van der Waals surface area contributed by atoms with Crippen LogP contribution in [0.3, 0.4) is 0 Å². The molecule has 0 aliphatic carbocycles. The lowest BCUT2D eigenvalue weighted by Gasteiger charge is -2.32. The first-order valence-electron chi connectivity index (χ1n) is 8.69. The van der Waals surface area contributed by atoms with Crippen LogP contribution in [0.4, 0.5) is 4.79 Å². The molecule has 1 aliphatic heterocycles. The van der Waals surface area contributed by atoms with Gasteiger partial charge in [0.15, 0.2) is 6.10 Å². The molecule has 7 nitrogen and oxygen atoms in total. The zero-order chi connectivity index (χ0) is 20.0. The number of halogens is 2. The lowest BCUT2D eigenvalue weighted by molar-refractivity contribution is -0.130. The number of carbonyl (C=O) groups is 3. The summed E-state index contributed by atoms with van der Waals surface area (Å²) >= 11 is 11.7. The summed E-state index contributed by atoms with van der Waals surface area (Å²) in [5, 5.41) is 3.45. The molecular weight excluding hydrogens is 395 g/mol. The average molecular weight is 417 g/mol. The van der Waals surface area contributed by atoms with E-state index in [4.69, 9.17) is 32.7 Å². The number of nitrogens with zero attached hydrogens (tertiary/aromatic N) is 1. The third kappa shape index (κ3) is 6.29. The Hall–Kier alpha value is -1.99. The largest absolute Gasteiger partial charge is 0.450 e. The van der Waals surface area contributed by atoms with Gasteiger partial charge in [-0.15, -0.1) is 0 Å². The van der Waals surface area contributed by atoms with Crippen LogP contribution in [0.1, 0.15) is 37.0 Å². The van der Waals surface area contributed by atoms with Crippen LogP contribution in [0.15, 0.2) is 18.2 Å². The second-order valence-electron chi connectivity index (χ2n) is 6.17. The number of benzene rings is 1. The fourth-order valence-corrected chi connectivity index (χ4v) is 3.22. The Bertz CT molecular complexity index is 685. The van der Waals surface area contributed by atoms with E-state index >= 15 is 0 Å². The maximum atomic E-state index is 12.3. The Kier molecular flexibility index (Phi) is 7.74. The lowest BCUT2D eigenvalue weighted by atomic mass is 10.1. The molecule has 27 heavy (non-hydrogen) atoms. The quantitative estimate of drug-likeness (QED) is 0.744. The van der Waals surface area contributed by atoms with Crippen LogP contribution in [-0.2, 0) is 14.3 Å². The molecule has 1 unspecified atom stereocenters. The van der Waals surface area contributed by atoms with E-state index in [-0.39, 0.29) is 17.7 Å². The minimum atomic E-state index is -0.974. The Morgan fingerprint density at radius 3 is 2.33 bits per heavy atom. The highest BCUT2D eigenvalue weighted by molar-refractivity contribution is 6.35. The van der Waals surface area contributed by atoms with Crippen molar-refractivity contribution in [2.45, 2.75) is 38.8 Å². The van der Waals surface area contributed by atoms with Gasteiger partial charge >= 0.3 is 12.1 Å². The summed E-state index contributed by atoms with van der Waals surface area (Å²) in [6.07, 6.45) is -0.104. The summed E-state index contributed by atoms with van der Waals surface area (Å²) in [4.78, 5) is 37.7. The average Bonchev–Trinajstić information content (AvgIpc) is 2.61. The van der Waals surface area contributed by atoms with Gasteiger partial charge < -0.3 is 19.7 Å². The van der Waals surface area contributed by atoms with Gasteiger partial charge in [-0.3, -0.25) is 4.79 Å². The topological polar surface area (TPSA) is 84.9 Å². The molecule has 1 atom stereocenters. The summed E-state index contributed by atoms with van der Waals surface area (Å²) < 4.78 is 10.2. The van der Waals surface area contributed by atoms with E-state index in [1.807, 2.05) is 0 Å². The van der Waals surface area contributed by atoms with Crippen LogP contribution >= 0.6 is 23.2 Å². The first-order valence-corrected chi connectivity index (χ1v) is 9.45. The van der Waals surface area contributed by atoms with Crippen molar-refractivity contribution in [1.29, 1.82) is 0 Å². The van der Waals surface area contributed by atoms with Crippen molar-refractivity contribution in [2.75, 3.05) is 19.7 Å². The number of rotatable bonds is 5. The Morgan fingerprint density at radius 1 is 1.19 bits per heavy atom. The highest BCUT2D eigenvalue weighted by Gasteiger charge is 2.27. The molecule has 1 fully saturated rings.